The van der Waals surface area contributed by atoms with Crippen LogP contribution in [-0.4, -0.2) is 59.9 Å². The summed E-state index contributed by atoms with van der Waals surface area (Å²) in [7, 11) is 2.17. The topological polar surface area (TPSA) is 43.4 Å². The Kier molecular flexibility index (Phi) is 15.1. The Morgan fingerprint density at radius 2 is 1.07 bits per heavy atom. The van der Waals surface area contributed by atoms with Crippen LogP contribution in [0.25, 0.3) is 22.3 Å². The fraction of sp³-hybridized carbons (Fsp3) is 0.443. The molecule has 0 saturated carbocycles. The molecule has 67 heavy (non-hydrogen) atoms. The molecular formula is C61H74N2O4. The van der Waals surface area contributed by atoms with E-state index in [2.05, 4.69) is 171 Å². The van der Waals surface area contributed by atoms with Crippen molar-refractivity contribution >= 4 is 22.7 Å². The Labute approximate surface area is 402 Å². The highest BCUT2D eigenvalue weighted by Crippen LogP contribution is 2.56. The molecule has 0 atom stereocenters. The second kappa shape index (κ2) is 21.5. The lowest BCUT2D eigenvalue weighted by Crippen LogP contribution is -2.43. The minimum Gasteiger partial charge on any atom is -0.381 e. The summed E-state index contributed by atoms with van der Waals surface area (Å²) < 4.78 is 23.2. The minimum absolute atomic E-state index is 0.0615. The van der Waals surface area contributed by atoms with Gasteiger partial charge in [0.1, 0.15) is 0 Å². The van der Waals surface area contributed by atoms with E-state index < -0.39 is 0 Å². The predicted octanol–water partition coefficient (Wildman–Crippen LogP) is 15.1. The van der Waals surface area contributed by atoms with Gasteiger partial charge in [-0.3, -0.25) is 0 Å². The van der Waals surface area contributed by atoms with Gasteiger partial charge in [-0.1, -0.05) is 137 Å². The van der Waals surface area contributed by atoms with Crippen LogP contribution in [0.15, 0.2) is 139 Å². The van der Waals surface area contributed by atoms with Crippen LogP contribution in [-0.2, 0) is 24.4 Å². The molecule has 0 spiro atoms. The lowest BCUT2D eigenvalue weighted by atomic mass is 9.70. The number of allylic oxidation sites excluding steroid dienone is 4. The number of hydrogen-bond donors (Lipinski definition) is 0. The summed E-state index contributed by atoms with van der Waals surface area (Å²) in [5, 5.41) is 0. The van der Waals surface area contributed by atoms with Gasteiger partial charge in [-0.25, -0.2) is 0 Å². The van der Waals surface area contributed by atoms with Crippen molar-refractivity contribution in [3.8, 4) is 22.3 Å². The highest BCUT2D eigenvalue weighted by molar-refractivity contribution is 5.86. The summed E-state index contributed by atoms with van der Waals surface area (Å²) in [4.78, 5) is 4.77. The van der Waals surface area contributed by atoms with Gasteiger partial charge in [-0.05, 0) is 133 Å². The first-order valence-electron chi connectivity index (χ1n) is 25.4. The maximum Gasteiger partial charge on any atom is 0.0564 e. The molecule has 4 aliphatic rings. The zero-order valence-electron chi connectivity index (χ0n) is 40.9. The smallest absolute Gasteiger partial charge is 0.0564 e. The van der Waals surface area contributed by atoms with Crippen LogP contribution in [0.1, 0.15) is 108 Å². The van der Waals surface area contributed by atoms with Crippen molar-refractivity contribution in [3.63, 3.8) is 0 Å². The standard InChI is InChI=1S/C61H74N2O4/c1-47-23-33-55-56-34-32-54(63(52-21-13-10-14-22-52)53-30-26-49(27-31-53)48-24-28-51(29-25-48)62(4)50-19-11-9-12-20-50)40-58(56)61(57(55)39-47,35-15-5-7-17-37-64-41-59(2)43-66-44-59)36-16-6-8-18-38-65-42-60(3)45-67-46-60/h9-11,13-14,19,21-34,39-40H,5-8,12,15-18,20,35-38,41-46H2,1-4H3. The zero-order valence-corrected chi connectivity index (χ0v) is 40.9. The van der Waals surface area contributed by atoms with Crippen LogP contribution in [0.4, 0.5) is 22.7 Å². The highest BCUT2D eigenvalue weighted by Gasteiger charge is 2.43. The van der Waals surface area contributed by atoms with Crippen molar-refractivity contribution in [2.75, 3.05) is 69.7 Å². The van der Waals surface area contributed by atoms with E-state index in [0.29, 0.717) is 0 Å². The van der Waals surface area contributed by atoms with Gasteiger partial charge in [-0.2, -0.15) is 0 Å². The fourth-order valence-corrected chi connectivity index (χ4v) is 10.8. The molecule has 0 amide bonds. The molecule has 2 heterocycles. The van der Waals surface area contributed by atoms with Crippen molar-refractivity contribution in [2.45, 2.75) is 103 Å². The Morgan fingerprint density at radius 3 is 1.63 bits per heavy atom. The van der Waals surface area contributed by atoms with E-state index in [0.717, 1.165) is 103 Å². The summed E-state index contributed by atoms with van der Waals surface area (Å²) in [5.41, 5.74) is 16.0. The van der Waals surface area contributed by atoms with E-state index in [-0.39, 0.29) is 16.2 Å². The zero-order chi connectivity index (χ0) is 46.1. The number of anilines is 4. The molecule has 0 aromatic heterocycles. The molecule has 0 bridgehead atoms. The van der Waals surface area contributed by atoms with Crippen LogP contribution in [0.2, 0.25) is 0 Å². The Morgan fingerprint density at radius 1 is 0.552 bits per heavy atom. The van der Waals surface area contributed by atoms with Crippen molar-refractivity contribution in [3.05, 3.63) is 156 Å². The third-order valence-corrected chi connectivity index (χ3v) is 14.9. The van der Waals surface area contributed by atoms with Crippen molar-refractivity contribution in [1.29, 1.82) is 0 Å². The second-order valence-corrected chi connectivity index (χ2v) is 20.9. The molecule has 5 aromatic carbocycles. The summed E-state index contributed by atoms with van der Waals surface area (Å²) >= 11 is 0. The molecule has 6 nitrogen and oxygen atoms in total. The van der Waals surface area contributed by atoms with Crippen LogP contribution >= 0.6 is 0 Å². The number of para-hydroxylation sites is 1. The Balaban J connectivity index is 0.965. The van der Waals surface area contributed by atoms with Crippen LogP contribution in [0.3, 0.4) is 0 Å². The first kappa shape index (κ1) is 47.1. The van der Waals surface area contributed by atoms with E-state index in [1.54, 1.807) is 0 Å². The van der Waals surface area contributed by atoms with Gasteiger partial charge < -0.3 is 28.7 Å². The SMILES string of the molecule is Cc1ccc2c(c1)C(CCCCCCOCC1(C)COC1)(CCCCCCOCC1(C)COC1)c1cc(N(c3ccccc3)c3ccc(-c4ccc(N(C)C5=CC=CCC5)cc4)cc3)ccc1-2. The van der Waals surface area contributed by atoms with Gasteiger partial charge in [0.2, 0.25) is 0 Å². The molecule has 9 rings (SSSR count). The molecule has 2 saturated heterocycles. The molecule has 2 fully saturated rings. The molecule has 5 aromatic rings. The molecule has 0 N–H and O–H groups in total. The molecule has 6 heteroatoms. The van der Waals surface area contributed by atoms with Crippen LogP contribution in [0.5, 0.6) is 0 Å². The molecule has 2 aliphatic carbocycles. The summed E-state index contributed by atoms with van der Waals surface area (Å²) in [5.74, 6) is 0. The van der Waals surface area contributed by atoms with Gasteiger partial charge in [0.15, 0.2) is 0 Å². The van der Waals surface area contributed by atoms with Crippen LogP contribution in [0, 0.1) is 17.8 Å². The van der Waals surface area contributed by atoms with Gasteiger partial charge in [0.05, 0.1) is 39.6 Å². The van der Waals surface area contributed by atoms with Crippen molar-refractivity contribution < 1.29 is 18.9 Å². The molecule has 2 aliphatic heterocycles. The van der Waals surface area contributed by atoms with E-state index in [1.165, 1.54) is 94.5 Å². The lowest BCUT2D eigenvalue weighted by Gasteiger charge is -2.37. The van der Waals surface area contributed by atoms with Gasteiger partial charge in [-0.15, -0.1) is 0 Å². The molecular weight excluding hydrogens is 825 g/mol. The van der Waals surface area contributed by atoms with E-state index in [9.17, 15) is 0 Å². The maximum absolute atomic E-state index is 6.14. The van der Waals surface area contributed by atoms with Crippen LogP contribution < -0.4 is 9.80 Å². The number of rotatable bonds is 24. The third kappa shape index (κ3) is 11.0. The Hall–Kier alpha value is -4.98. The fourth-order valence-electron chi connectivity index (χ4n) is 10.8. The predicted molar refractivity (Wildman–Crippen MR) is 278 cm³/mol. The molecule has 0 unspecified atom stereocenters. The van der Waals surface area contributed by atoms with E-state index in [1.807, 2.05) is 0 Å². The van der Waals surface area contributed by atoms with E-state index >= 15 is 0 Å². The third-order valence-electron chi connectivity index (χ3n) is 14.9. The number of unbranched alkanes of at least 4 members (excludes halogenated alkanes) is 6. The average molecular weight is 899 g/mol. The summed E-state index contributed by atoms with van der Waals surface area (Å²) in [6.45, 7) is 13.4. The maximum atomic E-state index is 6.14. The minimum atomic E-state index is -0.0615. The monoisotopic (exact) mass is 899 g/mol. The number of aryl methyl sites for hydroxylation is 1. The number of ether oxygens (including phenoxy) is 4. The summed E-state index contributed by atoms with van der Waals surface area (Å²) in [6.07, 6.45) is 20.5. The average Bonchev–Trinajstić information content (AvgIpc) is 3.60. The molecule has 0 radical (unpaired) electrons. The lowest BCUT2D eigenvalue weighted by molar-refractivity contribution is -0.137. The number of nitrogens with zero attached hydrogens (tertiary/aromatic N) is 2. The van der Waals surface area contributed by atoms with Gasteiger partial charge >= 0.3 is 0 Å². The first-order valence-corrected chi connectivity index (χ1v) is 25.4. The summed E-state index contributed by atoms with van der Waals surface area (Å²) in [6, 6.07) is 43.7. The second-order valence-electron chi connectivity index (χ2n) is 20.9. The van der Waals surface area contributed by atoms with Crippen molar-refractivity contribution in [1.82, 2.24) is 0 Å². The number of hydrogen-bond acceptors (Lipinski definition) is 6. The molecule has 352 valence electrons. The normalized spacial score (nSPS) is 17.2. The number of benzene rings is 5. The van der Waals surface area contributed by atoms with Crippen molar-refractivity contribution in [2.24, 2.45) is 10.8 Å². The first-order chi connectivity index (χ1) is 32.7. The number of fused-ring (bicyclic) bond motifs is 3. The van der Waals surface area contributed by atoms with Gasteiger partial charge in [0, 0.05) is 65.0 Å². The van der Waals surface area contributed by atoms with E-state index in [4.69, 9.17) is 18.9 Å². The van der Waals surface area contributed by atoms with Gasteiger partial charge in [0.25, 0.3) is 0 Å². The largest absolute Gasteiger partial charge is 0.381 e. The quantitative estimate of drug-likeness (QED) is 0.0575. The highest BCUT2D eigenvalue weighted by atomic mass is 16.5. The Bertz CT molecular complexity index is 2410.